The van der Waals surface area contributed by atoms with Crippen molar-refractivity contribution in [3.8, 4) is 0 Å². The number of aromatic nitrogens is 1. The van der Waals surface area contributed by atoms with Crippen LogP contribution < -0.4 is 0 Å². The molecule has 1 aromatic heterocycles. The molecular weight excluding hydrogens is 363 g/mol. The van der Waals surface area contributed by atoms with Gasteiger partial charge in [0.25, 0.3) is 0 Å². The van der Waals surface area contributed by atoms with Crippen LogP contribution in [-0.2, 0) is 16.4 Å². The summed E-state index contributed by atoms with van der Waals surface area (Å²) >= 11 is 0. The maximum atomic E-state index is 13.5. The van der Waals surface area contributed by atoms with Gasteiger partial charge in [-0.05, 0) is 61.3 Å². The largest absolute Gasteiger partial charge is 0.357 e. The van der Waals surface area contributed by atoms with Crippen LogP contribution in [-0.4, -0.2) is 31.1 Å². The quantitative estimate of drug-likeness (QED) is 0.721. The first-order valence-corrected chi connectivity index (χ1v) is 11.1. The van der Waals surface area contributed by atoms with E-state index in [1.807, 2.05) is 18.2 Å². The molecule has 1 N–H and O–H groups in total. The third-order valence-electron chi connectivity index (χ3n) is 5.31. The minimum absolute atomic E-state index is 0.223. The number of hydrogen-bond donors (Lipinski definition) is 1. The zero-order valence-corrected chi connectivity index (χ0v) is 16.1. The Balaban J connectivity index is 1.58. The van der Waals surface area contributed by atoms with E-state index in [0.29, 0.717) is 4.90 Å². The fourth-order valence-corrected chi connectivity index (χ4v) is 4.54. The van der Waals surface area contributed by atoms with Gasteiger partial charge in [0, 0.05) is 29.4 Å². The molecule has 27 heavy (non-hydrogen) atoms. The number of benzene rings is 2. The smallest absolute Gasteiger partial charge is 0.175 e. The number of nitrogens with one attached hydrogen (secondary N) is 1. The van der Waals surface area contributed by atoms with E-state index in [2.05, 4.69) is 9.88 Å². The summed E-state index contributed by atoms with van der Waals surface area (Å²) in [7, 11) is -3.17. The summed E-state index contributed by atoms with van der Waals surface area (Å²) in [5, 5.41) is 0.896. The normalized spacial score (nSPS) is 18.8. The first kappa shape index (κ1) is 18.2. The molecule has 1 aliphatic heterocycles. The Morgan fingerprint density at radius 1 is 1.11 bits per heavy atom. The molecule has 0 radical (unpaired) electrons. The highest BCUT2D eigenvalue weighted by molar-refractivity contribution is 7.90. The van der Waals surface area contributed by atoms with Gasteiger partial charge in [0.15, 0.2) is 9.84 Å². The van der Waals surface area contributed by atoms with Crippen molar-refractivity contribution < 1.29 is 12.8 Å². The van der Waals surface area contributed by atoms with Gasteiger partial charge in [-0.1, -0.05) is 18.6 Å². The van der Waals surface area contributed by atoms with E-state index in [-0.39, 0.29) is 11.9 Å². The van der Waals surface area contributed by atoms with Crippen LogP contribution in [0.4, 0.5) is 4.39 Å². The van der Waals surface area contributed by atoms with Crippen molar-refractivity contribution >= 4 is 20.7 Å². The van der Waals surface area contributed by atoms with Gasteiger partial charge in [-0.25, -0.2) is 12.8 Å². The molecule has 0 aliphatic carbocycles. The molecule has 3 aromatic rings. The fourth-order valence-electron chi connectivity index (χ4n) is 3.91. The van der Waals surface area contributed by atoms with Gasteiger partial charge in [-0.15, -0.1) is 0 Å². The predicted octanol–water partition coefficient (Wildman–Crippen LogP) is 4.44. The summed E-state index contributed by atoms with van der Waals surface area (Å²) in [6.07, 6.45) is 4.59. The Labute approximate surface area is 158 Å². The van der Waals surface area contributed by atoms with E-state index in [4.69, 9.17) is 0 Å². The van der Waals surface area contributed by atoms with E-state index < -0.39 is 9.84 Å². The highest BCUT2D eigenvalue weighted by Crippen LogP contribution is 2.33. The van der Waals surface area contributed by atoms with Crippen LogP contribution in [0.25, 0.3) is 10.9 Å². The van der Waals surface area contributed by atoms with E-state index in [1.54, 1.807) is 24.3 Å². The SMILES string of the molecule is CS(=O)(=O)c1ccc(CN2CCCCC2c2cc3cc(F)ccc3[nH]2)cc1. The van der Waals surface area contributed by atoms with Gasteiger partial charge in [0.2, 0.25) is 0 Å². The second-order valence-corrected chi connectivity index (χ2v) is 9.37. The topological polar surface area (TPSA) is 53.2 Å². The highest BCUT2D eigenvalue weighted by atomic mass is 32.2. The summed E-state index contributed by atoms with van der Waals surface area (Å²) in [5.41, 5.74) is 3.16. The van der Waals surface area contributed by atoms with Crippen molar-refractivity contribution in [1.29, 1.82) is 0 Å². The monoisotopic (exact) mass is 386 g/mol. The van der Waals surface area contributed by atoms with E-state index >= 15 is 0 Å². The van der Waals surface area contributed by atoms with Crippen molar-refractivity contribution in [1.82, 2.24) is 9.88 Å². The van der Waals surface area contributed by atoms with E-state index in [0.717, 1.165) is 54.5 Å². The number of piperidine rings is 1. The van der Waals surface area contributed by atoms with Crippen LogP contribution in [0.1, 0.15) is 36.6 Å². The summed E-state index contributed by atoms with van der Waals surface area (Å²) in [6, 6.07) is 14.3. The third-order valence-corrected chi connectivity index (χ3v) is 6.44. The standard InChI is InChI=1S/C21H23FN2O2S/c1-27(25,26)18-8-5-15(6-9-18)14-24-11-3-2-4-21(24)20-13-16-12-17(22)7-10-19(16)23-20/h5-10,12-13,21,23H,2-4,11,14H2,1H3. The van der Waals surface area contributed by atoms with Crippen molar-refractivity contribution in [2.75, 3.05) is 12.8 Å². The molecule has 2 heterocycles. The molecule has 142 valence electrons. The lowest BCUT2D eigenvalue weighted by molar-refractivity contribution is 0.138. The molecule has 1 fully saturated rings. The number of hydrogen-bond acceptors (Lipinski definition) is 3. The van der Waals surface area contributed by atoms with Crippen molar-refractivity contribution in [3.05, 3.63) is 65.6 Å². The summed E-state index contributed by atoms with van der Waals surface area (Å²) in [6.45, 7) is 1.75. The second kappa shape index (κ2) is 7.09. The molecule has 1 unspecified atom stereocenters. The molecule has 4 rings (SSSR count). The van der Waals surface area contributed by atoms with Gasteiger partial charge >= 0.3 is 0 Å². The van der Waals surface area contributed by atoms with Gasteiger partial charge in [0.1, 0.15) is 5.82 Å². The fraction of sp³-hybridized carbons (Fsp3) is 0.333. The Morgan fingerprint density at radius 3 is 2.63 bits per heavy atom. The molecule has 6 heteroatoms. The van der Waals surface area contributed by atoms with Crippen LogP contribution in [0.3, 0.4) is 0 Å². The average molecular weight is 386 g/mol. The molecular formula is C21H23FN2O2S. The molecule has 0 bridgehead atoms. The van der Waals surface area contributed by atoms with Gasteiger partial charge < -0.3 is 4.98 Å². The van der Waals surface area contributed by atoms with Crippen molar-refractivity contribution in [2.45, 2.75) is 36.7 Å². The molecule has 4 nitrogen and oxygen atoms in total. The van der Waals surface area contributed by atoms with Crippen LogP contribution in [0.2, 0.25) is 0 Å². The molecule has 0 amide bonds. The number of aromatic amines is 1. The number of likely N-dealkylation sites (tertiary alicyclic amines) is 1. The van der Waals surface area contributed by atoms with Crippen LogP contribution in [0.15, 0.2) is 53.4 Å². The molecule has 1 atom stereocenters. The zero-order valence-electron chi connectivity index (χ0n) is 15.3. The van der Waals surface area contributed by atoms with E-state index in [1.165, 1.54) is 12.3 Å². The minimum Gasteiger partial charge on any atom is -0.357 e. The number of sulfone groups is 1. The number of fused-ring (bicyclic) bond motifs is 1. The second-order valence-electron chi connectivity index (χ2n) is 7.35. The predicted molar refractivity (Wildman–Crippen MR) is 105 cm³/mol. The number of nitrogens with zero attached hydrogens (tertiary/aromatic N) is 1. The molecule has 1 saturated heterocycles. The van der Waals surface area contributed by atoms with Gasteiger partial charge in [-0.3, -0.25) is 4.90 Å². The highest BCUT2D eigenvalue weighted by Gasteiger charge is 2.25. The maximum absolute atomic E-state index is 13.5. The van der Waals surface area contributed by atoms with Crippen molar-refractivity contribution in [2.24, 2.45) is 0 Å². The molecule has 2 aromatic carbocycles. The van der Waals surface area contributed by atoms with Crippen LogP contribution in [0, 0.1) is 5.82 Å². The third kappa shape index (κ3) is 3.92. The summed E-state index contributed by atoms with van der Waals surface area (Å²) in [4.78, 5) is 6.21. The Hall–Kier alpha value is -2.18. The van der Waals surface area contributed by atoms with Crippen molar-refractivity contribution in [3.63, 3.8) is 0 Å². The number of H-pyrrole nitrogens is 1. The average Bonchev–Trinajstić information content (AvgIpc) is 3.05. The van der Waals surface area contributed by atoms with Gasteiger partial charge in [-0.2, -0.15) is 0 Å². The minimum atomic E-state index is -3.17. The number of rotatable bonds is 4. The van der Waals surface area contributed by atoms with Crippen LogP contribution >= 0.6 is 0 Å². The Bertz CT molecular complexity index is 1060. The van der Waals surface area contributed by atoms with E-state index in [9.17, 15) is 12.8 Å². The number of halogens is 1. The summed E-state index contributed by atoms with van der Waals surface area (Å²) in [5.74, 6) is -0.223. The Morgan fingerprint density at radius 2 is 1.89 bits per heavy atom. The first-order valence-electron chi connectivity index (χ1n) is 9.21. The lowest BCUT2D eigenvalue weighted by Crippen LogP contribution is -2.33. The molecule has 0 spiro atoms. The maximum Gasteiger partial charge on any atom is 0.175 e. The summed E-state index contributed by atoms with van der Waals surface area (Å²) < 4.78 is 36.8. The van der Waals surface area contributed by atoms with Crippen LogP contribution in [0.5, 0.6) is 0 Å². The lowest BCUT2D eigenvalue weighted by Gasteiger charge is -2.35. The first-order chi connectivity index (χ1) is 12.9. The zero-order chi connectivity index (χ0) is 19.0. The molecule has 0 saturated carbocycles. The molecule has 1 aliphatic rings. The lowest BCUT2D eigenvalue weighted by atomic mass is 9.98. The Kier molecular flexibility index (Phi) is 4.78. The van der Waals surface area contributed by atoms with Gasteiger partial charge in [0.05, 0.1) is 10.9 Å².